The van der Waals surface area contributed by atoms with Crippen LogP contribution in [0.3, 0.4) is 0 Å². The van der Waals surface area contributed by atoms with Gasteiger partial charge in [0.25, 0.3) is 5.91 Å². The topological polar surface area (TPSA) is 75.1 Å². The highest BCUT2D eigenvalue weighted by atomic mass is 35.5. The Morgan fingerprint density at radius 3 is 2.55 bits per heavy atom. The molecule has 0 aliphatic rings. The summed E-state index contributed by atoms with van der Waals surface area (Å²) in [5.74, 6) is -0.415. The molecular weight excluding hydrogens is 301 g/mol. The highest BCUT2D eigenvalue weighted by Crippen LogP contribution is 2.18. The zero-order valence-electron chi connectivity index (χ0n) is 10.3. The van der Waals surface area contributed by atoms with E-state index in [0.29, 0.717) is 12.1 Å². The number of aromatic nitrogens is 2. The van der Waals surface area contributed by atoms with Crippen molar-refractivity contribution in [3.05, 3.63) is 51.8 Å². The van der Waals surface area contributed by atoms with E-state index in [1.165, 1.54) is 6.07 Å². The summed E-state index contributed by atoms with van der Waals surface area (Å²) in [7, 11) is 0. The number of hydrogen-bond donors (Lipinski definition) is 2. The van der Waals surface area contributed by atoms with Crippen molar-refractivity contribution in [3.8, 4) is 0 Å². The summed E-state index contributed by atoms with van der Waals surface area (Å²) < 4.78 is 0. The zero-order chi connectivity index (χ0) is 14.5. The Balaban J connectivity index is 2.13. The van der Waals surface area contributed by atoms with Crippen LogP contribution in [-0.2, 0) is 6.42 Å². The minimum Gasteiger partial charge on any atom is -0.396 e. The fraction of sp³-hybridized carbons (Fsp3) is 0.154. The maximum atomic E-state index is 12.0. The molecule has 2 N–H and O–H groups in total. The van der Waals surface area contributed by atoms with Gasteiger partial charge in [-0.25, -0.2) is 0 Å². The second-order valence-corrected chi connectivity index (χ2v) is 4.74. The van der Waals surface area contributed by atoms with E-state index in [9.17, 15) is 4.79 Å². The van der Waals surface area contributed by atoms with Gasteiger partial charge < -0.3 is 10.4 Å². The summed E-state index contributed by atoms with van der Waals surface area (Å²) >= 11 is 11.5. The Bertz CT molecular complexity index is 618. The average molecular weight is 312 g/mol. The standard InChI is InChI=1S/C13H11Cl2N3O2/c14-11-7-10(12(15)18-17-11)13(20)16-9-3-1-8(2-4-9)5-6-19/h1-4,7,19H,5-6H2,(H,16,20). The third kappa shape index (κ3) is 3.66. The van der Waals surface area contributed by atoms with Crippen LogP contribution in [0.4, 0.5) is 5.69 Å². The summed E-state index contributed by atoms with van der Waals surface area (Å²) in [4.78, 5) is 12.0. The summed E-state index contributed by atoms with van der Waals surface area (Å²) in [5, 5.41) is 18.7. The maximum Gasteiger partial charge on any atom is 0.258 e. The Kier molecular flexibility index (Phi) is 4.89. The van der Waals surface area contributed by atoms with Crippen LogP contribution in [0.25, 0.3) is 0 Å². The highest BCUT2D eigenvalue weighted by Gasteiger charge is 2.13. The molecule has 0 aliphatic heterocycles. The first-order chi connectivity index (χ1) is 9.60. The third-order valence-corrected chi connectivity index (χ3v) is 3.04. The van der Waals surface area contributed by atoms with E-state index in [0.717, 1.165) is 5.56 Å². The van der Waals surface area contributed by atoms with Crippen LogP contribution >= 0.6 is 23.2 Å². The molecule has 1 heterocycles. The molecule has 104 valence electrons. The van der Waals surface area contributed by atoms with Crippen LogP contribution in [0.1, 0.15) is 15.9 Å². The van der Waals surface area contributed by atoms with E-state index in [2.05, 4.69) is 15.5 Å². The molecule has 2 aromatic rings. The Morgan fingerprint density at radius 1 is 1.20 bits per heavy atom. The molecule has 20 heavy (non-hydrogen) atoms. The predicted octanol–water partition coefficient (Wildman–Crippen LogP) is 2.57. The Morgan fingerprint density at radius 2 is 1.90 bits per heavy atom. The largest absolute Gasteiger partial charge is 0.396 e. The summed E-state index contributed by atoms with van der Waals surface area (Å²) in [5.41, 5.74) is 1.75. The van der Waals surface area contributed by atoms with Crippen LogP contribution in [0.15, 0.2) is 30.3 Å². The number of benzene rings is 1. The number of hydrogen-bond acceptors (Lipinski definition) is 4. The number of anilines is 1. The van der Waals surface area contributed by atoms with Crippen LogP contribution in [0.2, 0.25) is 10.3 Å². The average Bonchev–Trinajstić information content (AvgIpc) is 2.44. The maximum absolute atomic E-state index is 12.0. The van der Waals surface area contributed by atoms with Gasteiger partial charge in [-0.3, -0.25) is 4.79 Å². The molecule has 0 radical (unpaired) electrons. The number of carbonyl (C=O) groups is 1. The van der Waals surface area contributed by atoms with Gasteiger partial charge in [-0.1, -0.05) is 35.3 Å². The predicted molar refractivity (Wildman–Crippen MR) is 77.2 cm³/mol. The fourth-order valence-electron chi connectivity index (χ4n) is 1.59. The zero-order valence-corrected chi connectivity index (χ0v) is 11.8. The van der Waals surface area contributed by atoms with Gasteiger partial charge in [0.1, 0.15) is 0 Å². The van der Waals surface area contributed by atoms with Crippen LogP contribution in [-0.4, -0.2) is 27.8 Å². The molecule has 0 unspecified atom stereocenters. The molecule has 7 heteroatoms. The minimum absolute atomic E-state index is 0.0104. The molecular formula is C13H11Cl2N3O2. The van der Waals surface area contributed by atoms with Gasteiger partial charge in [-0.15, -0.1) is 10.2 Å². The van der Waals surface area contributed by atoms with Gasteiger partial charge in [0, 0.05) is 12.3 Å². The molecule has 0 saturated carbocycles. The van der Waals surface area contributed by atoms with E-state index < -0.39 is 5.91 Å². The molecule has 0 spiro atoms. The van der Waals surface area contributed by atoms with Gasteiger partial charge in [0.2, 0.25) is 0 Å². The van der Waals surface area contributed by atoms with E-state index in [1.807, 2.05) is 12.1 Å². The molecule has 2 rings (SSSR count). The van der Waals surface area contributed by atoms with Crippen molar-refractivity contribution in [1.29, 1.82) is 0 Å². The van der Waals surface area contributed by atoms with Gasteiger partial charge in [-0.2, -0.15) is 0 Å². The van der Waals surface area contributed by atoms with Crippen molar-refractivity contribution in [2.24, 2.45) is 0 Å². The van der Waals surface area contributed by atoms with Gasteiger partial charge >= 0.3 is 0 Å². The van der Waals surface area contributed by atoms with Gasteiger partial charge in [0.15, 0.2) is 10.3 Å². The molecule has 0 fully saturated rings. The number of carbonyl (C=O) groups excluding carboxylic acids is 1. The van der Waals surface area contributed by atoms with E-state index in [1.54, 1.807) is 12.1 Å². The van der Waals surface area contributed by atoms with Gasteiger partial charge in [-0.05, 0) is 30.2 Å². The van der Waals surface area contributed by atoms with Crippen LogP contribution < -0.4 is 5.32 Å². The first kappa shape index (κ1) is 14.7. The summed E-state index contributed by atoms with van der Waals surface area (Å²) in [6.07, 6.45) is 0.573. The number of nitrogens with one attached hydrogen (secondary N) is 1. The molecule has 0 atom stereocenters. The lowest BCUT2D eigenvalue weighted by Crippen LogP contribution is -2.13. The molecule has 0 aliphatic carbocycles. The van der Waals surface area contributed by atoms with Crippen LogP contribution in [0.5, 0.6) is 0 Å². The first-order valence-electron chi connectivity index (χ1n) is 5.80. The summed E-state index contributed by atoms with van der Waals surface area (Å²) in [6.45, 7) is 0.0858. The summed E-state index contributed by atoms with van der Waals surface area (Å²) in [6, 6.07) is 8.49. The lowest BCUT2D eigenvalue weighted by Gasteiger charge is -2.07. The number of amides is 1. The molecule has 0 bridgehead atoms. The van der Waals surface area contributed by atoms with Gasteiger partial charge in [0.05, 0.1) is 5.56 Å². The van der Waals surface area contributed by atoms with Crippen molar-refractivity contribution in [3.63, 3.8) is 0 Å². The van der Waals surface area contributed by atoms with Crippen molar-refractivity contribution in [2.45, 2.75) is 6.42 Å². The second kappa shape index (κ2) is 6.65. The van der Waals surface area contributed by atoms with Crippen LogP contribution in [0, 0.1) is 0 Å². The second-order valence-electron chi connectivity index (χ2n) is 4.00. The Labute approximate surface area is 125 Å². The third-order valence-electron chi connectivity index (χ3n) is 2.58. The van der Waals surface area contributed by atoms with Crippen molar-refractivity contribution >= 4 is 34.8 Å². The SMILES string of the molecule is O=C(Nc1ccc(CCO)cc1)c1cc(Cl)nnc1Cl. The number of halogens is 2. The monoisotopic (exact) mass is 311 g/mol. The minimum atomic E-state index is -0.415. The molecule has 0 saturated heterocycles. The quantitative estimate of drug-likeness (QED) is 0.910. The lowest BCUT2D eigenvalue weighted by molar-refractivity contribution is 0.102. The fourth-order valence-corrected chi connectivity index (χ4v) is 1.92. The molecule has 5 nitrogen and oxygen atoms in total. The Hall–Kier alpha value is -1.69. The lowest BCUT2D eigenvalue weighted by atomic mass is 10.1. The highest BCUT2D eigenvalue weighted by molar-refractivity contribution is 6.34. The van der Waals surface area contributed by atoms with E-state index >= 15 is 0 Å². The van der Waals surface area contributed by atoms with E-state index in [-0.39, 0.29) is 22.5 Å². The number of nitrogens with zero attached hydrogens (tertiary/aromatic N) is 2. The molecule has 1 aromatic heterocycles. The first-order valence-corrected chi connectivity index (χ1v) is 6.55. The van der Waals surface area contributed by atoms with Crippen molar-refractivity contribution < 1.29 is 9.90 Å². The smallest absolute Gasteiger partial charge is 0.258 e. The van der Waals surface area contributed by atoms with Crippen molar-refractivity contribution in [2.75, 3.05) is 11.9 Å². The number of aliphatic hydroxyl groups is 1. The normalized spacial score (nSPS) is 10.3. The molecule has 1 amide bonds. The number of aliphatic hydroxyl groups excluding tert-OH is 1. The molecule has 1 aromatic carbocycles. The van der Waals surface area contributed by atoms with Crippen molar-refractivity contribution in [1.82, 2.24) is 10.2 Å². The number of rotatable bonds is 4. The van der Waals surface area contributed by atoms with E-state index in [4.69, 9.17) is 28.3 Å².